The summed E-state index contributed by atoms with van der Waals surface area (Å²) in [6.07, 6.45) is 1.53. The van der Waals surface area contributed by atoms with Crippen molar-refractivity contribution in [3.63, 3.8) is 0 Å². The number of nitrogens with one attached hydrogen (secondary N) is 2. The molecule has 3 aromatic rings. The number of aromatic nitrogens is 3. The molecule has 7 nitrogen and oxygen atoms in total. The molecule has 0 aromatic carbocycles. The van der Waals surface area contributed by atoms with Crippen molar-refractivity contribution in [2.24, 2.45) is 5.41 Å². The second kappa shape index (κ2) is 7.67. The number of anilines is 1. The minimum absolute atomic E-state index is 0.299. The number of thiophene rings is 1. The van der Waals surface area contributed by atoms with Gasteiger partial charge in [-0.1, -0.05) is 11.6 Å². The fourth-order valence-electron chi connectivity index (χ4n) is 2.40. The van der Waals surface area contributed by atoms with Crippen LogP contribution in [0.2, 0.25) is 4.34 Å². The van der Waals surface area contributed by atoms with Crippen molar-refractivity contribution in [1.29, 1.82) is 0 Å². The SMILES string of the molecule is CC(C)(CO)C(=O)n1nc(-c2ccc[nH]c2=O)cc1NCc1ccc(Cl)s1. The van der Waals surface area contributed by atoms with Crippen LogP contribution in [0, 0.1) is 5.41 Å². The number of aliphatic hydroxyl groups excluding tert-OH is 1. The van der Waals surface area contributed by atoms with Crippen LogP contribution in [0.3, 0.4) is 0 Å². The molecule has 0 aliphatic heterocycles. The summed E-state index contributed by atoms with van der Waals surface area (Å²) in [6.45, 7) is 3.39. The third kappa shape index (κ3) is 4.13. The first-order valence-corrected chi connectivity index (χ1v) is 9.43. The Hall–Kier alpha value is -2.42. The monoisotopic (exact) mass is 406 g/mol. The maximum Gasteiger partial charge on any atom is 0.257 e. The van der Waals surface area contributed by atoms with Crippen LogP contribution in [0.25, 0.3) is 11.3 Å². The number of hydrogen-bond donors (Lipinski definition) is 3. The largest absolute Gasteiger partial charge is 0.395 e. The van der Waals surface area contributed by atoms with E-state index in [9.17, 15) is 14.7 Å². The second-order valence-corrected chi connectivity index (χ2v) is 8.45. The molecule has 0 radical (unpaired) electrons. The normalized spacial score (nSPS) is 11.6. The van der Waals surface area contributed by atoms with Crippen molar-refractivity contribution < 1.29 is 9.90 Å². The number of carbonyl (C=O) groups is 1. The molecular weight excluding hydrogens is 388 g/mol. The highest BCUT2D eigenvalue weighted by Crippen LogP contribution is 2.26. The van der Waals surface area contributed by atoms with E-state index >= 15 is 0 Å². The van der Waals surface area contributed by atoms with Gasteiger partial charge in [0.2, 0.25) is 0 Å². The molecule has 0 spiro atoms. The van der Waals surface area contributed by atoms with Crippen molar-refractivity contribution in [3.05, 3.63) is 56.1 Å². The van der Waals surface area contributed by atoms with Crippen molar-refractivity contribution >= 4 is 34.7 Å². The summed E-state index contributed by atoms with van der Waals surface area (Å²) in [6, 6.07) is 8.66. The quantitative estimate of drug-likeness (QED) is 0.583. The Morgan fingerprint density at radius 2 is 2.19 bits per heavy atom. The maximum atomic E-state index is 12.9. The number of aromatic amines is 1. The number of pyridine rings is 1. The van der Waals surface area contributed by atoms with Gasteiger partial charge in [0.15, 0.2) is 0 Å². The maximum absolute atomic E-state index is 12.9. The Balaban J connectivity index is 1.99. The summed E-state index contributed by atoms with van der Waals surface area (Å²) in [5.74, 6) is 0.0552. The van der Waals surface area contributed by atoms with Crippen LogP contribution in [0.15, 0.2) is 41.3 Å². The molecule has 0 aliphatic rings. The molecule has 27 heavy (non-hydrogen) atoms. The molecule has 0 fully saturated rings. The molecule has 3 rings (SSSR count). The van der Waals surface area contributed by atoms with Crippen molar-refractivity contribution in [2.45, 2.75) is 20.4 Å². The Bertz CT molecular complexity index is 1020. The zero-order valence-corrected chi connectivity index (χ0v) is 16.4. The van der Waals surface area contributed by atoms with Gasteiger partial charge in [-0.15, -0.1) is 11.3 Å². The van der Waals surface area contributed by atoms with Crippen LogP contribution in [0.5, 0.6) is 0 Å². The second-order valence-electron chi connectivity index (χ2n) is 6.65. The van der Waals surface area contributed by atoms with E-state index in [1.807, 2.05) is 6.07 Å². The van der Waals surface area contributed by atoms with E-state index in [2.05, 4.69) is 15.4 Å². The van der Waals surface area contributed by atoms with E-state index < -0.39 is 5.41 Å². The highest BCUT2D eigenvalue weighted by molar-refractivity contribution is 7.16. The molecule has 0 unspecified atom stereocenters. The fourth-order valence-corrected chi connectivity index (χ4v) is 3.42. The molecule has 0 atom stereocenters. The molecule has 3 N–H and O–H groups in total. The van der Waals surface area contributed by atoms with Crippen LogP contribution in [0.4, 0.5) is 5.82 Å². The summed E-state index contributed by atoms with van der Waals surface area (Å²) >= 11 is 7.39. The summed E-state index contributed by atoms with van der Waals surface area (Å²) < 4.78 is 1.88. The number of rotatable bonds is 6. The van der Waals surface area contributed by atoms with E-state index in [1.165, 1.54) is 22.2 Å². The Kier molecular flexibility index (Phi) is 5.50. The van der Waals surface area contributed by atoms with Crippen LogP contribution in [-0.2, 0) is 6.54 Å². The van der Waals surface area contributed by atoms with Gasteiger partial charge < -0.3 is 15.4 Å². The fraction of sp³-hybridized carbons (Fsp3) is 0.278. The first kappa shape index (κ1) is 19.3. The van der Waals surface area contributed by atoms with Gasteiger partial charge in [-0.05, 0) is 38.1 Å². The van der Waals surface area contributed by atoms with Gasteiger partial charge in [0.25, 0.3) is 11.5 Å². The lowest BCUT2D eigenvalue weighted by molar-refractivity contribution is 0.0616. The van der Waals surface area contributed by atoms with E-state index in [0.29, 0.717) is 28.0 Å². The summed E-state index contributed by atoms with van der Waals surface area (Å²) in [7, 11) is 0. The zero-order chi connectivity index (χ0) is 19.6. The minimum atomic E-state index is -1.02. The summed E-state index contributed by atoms with van der Waals surface area (Å²) in [5, 5.41) is 17.0. The molecule has 142 valence electrons. The van der Waals surface area contributed by atoms with Crippen LogP contribution in [0.1, 0.15) is 23.5 Å². The van der Waals surface area contributed by atoms with Gasteiger partial charge in [0.1, 0.15) is 11.5 Å². The van der Waals surface area contributed by atoms with Gasteiger partial charge in [0.05, 0.1) is 28.5 Å². The van der Waals surface area contributed by atoms with E-state index in [4.69, 9.17) is 11.6 Å². The highest BCUT2D eigenvalue weighted by atomic mass is 35.5. The molecule has 9 heteroatoms. The lowest BCUT2D eigenvalue weighted by atomic mass is 9.94. The van der Waals surface area contributed by atoms with Crippen LogP contribution < -0.4 is 10.9 Å². The zero-order valence-electron chi connectivity index (χ0n) is 14.8. The van der Waals surface area contributed by atoms with Gasteiger partial charge in [-0.25, -0.2) is 0 Å². The predicted octanol–water partition coefficient (Wildman–Crippen LogP) is 3.22. The third-order valence-corrected chi connectivity index (χ3v) is 5.27. The first-order chi connectivity index (χ1) is 12.8. The molecule has 0 saturated heterocycles. The van der Waals surface area contributed by atoms with Gasteiger partial charge >= 0.3 is 0 Å². The number of carbonyl (C=O) groups excluding carboxylic acids is 1. The molecule has 0 amide bonds. The summed E-state index contributed by atoms with van der Waals surface area (Å²) in [4.78, 5) is 28.5. The minimum Gasteiger partial charge on any atom is -0.395 e. The van der Waals surface area contributed by atoms with E-state index in [0.717, 1.165) is 4.88 Å². The molecule has 3 aromatic heterocycles. The van der Waals surface area contributed by atoms with E-state index in [-0.39, 0.29) is 18.1 Å². The topological polar surface area (TPSA) is 100 Å². The molecule has 3 heterocycles. The smallest absolute Gasteiger partial charge is 0.257 e. The lowest BCUT2D eigenvalue weighted by Gasteiger charge is -2.20. The van der Waals surface area contributed by atoms with Gasteiger partial charge in [-0.2, -0.15) is 9.78 Å². The van der Waals surface area contributed by atoms with Crippen molar-refractivity contribution in [2.75, 3.05) is 11.9 Å². The number of H-pyrrole nitrogens is 1. The Morgan fingerprint density at radius 1 is 1.41 bits per heavy atom. The molecule has 0 bridgehead atoms. The molecule has 0 aliphatic carbocycles. The number of hydrogen-bond acceptors (Lipinski definition) is 6. The standard InChI is InChI=1S/C18H19ClN4O3S/c1-18(2,10-24)17(26)23-15(21-9-11-5-6-14(19)27-11)8-13(22-23)12-4-3-7-20-16(12)25/h3-8,21,24H,9-10H2,1-2H3,(H,20,25). The lowest BCUT2D eigenvalue weighted by Crippen LogP contribution is -2.34. The first-order valence-electron chi connectivity index (χ1n) is 8.24. The van der Waals surface area contributed by atoms with Gasteiger partial charge in [0, 0.05) is 17.1 Å². The Labute approximate surface area is 164 Å². The molecular formula is C18H19ClN4O3S. The average molecular weight is 407 g/mol. The summed E-state index contributed by atoms with van der Waals surface area (Å²) in [5.41, 5.74) is -0.596. The highest BCUT2D eigenvalue weighted by Gasteiger charge is 2.31. The van der Waals surface area contributed by atoms with Crippen LogP contribution in [-0.4, -0.2) is 32.4 Å². The number of nitrogens with zero attached hydrogens (tertiary/aromatic N) is 2. The third-order valence-electron chi connectivity index (χ3n) is 4.04. The Morgan fingerprint density at radius 3 is 2.81 bits per heavy atom. The van der Waals surface area contributed by atoms with E-state index in [1.54, 1.807) is 38.1 Å². The predicted molar refractivity (Wildman–Crippen MR) is 106 cm³/mol. The van der Waals surface area contributed by atoms with Crippen molar-refractivity contribution in [3.8, 4) is 11.3 Å². The van der Waals surface area contributed by atoms with Gasteiger partial charge in [-0.3, -0.25) is 9.59 Å². The van der Waals surface area contributed by atoms with Crippen LogP contribution >= 0.6 is 22.9 Å². The van der Waals surface area contributed by atoms with Crippen molar-refractivity contribution in [1.82, 2.24) is 14.8 Å². The molecule has 0 saturated carbocycles. The average Bonchev–Trinajstić information content (AvgIpc) is 3.25. The number of aliphatic hydroxyl groups is 1. The number of halogens is 1.